The molecule has 2 heterocycles. The Morgan fingerprint density at radius 1 is 1.19 bits per heavy atom. The number of fused-ring (bicyclic) bond motifs is 2. The minimum absolute atomic E-state index is 0.0813. The highest BCUT2D eigenvalue weighted by Crippen LogP contribution is 2.32. The fraction of sp³-hybridized carbons (Fsp3) is 0.211. The standard InChI is InChI=1S/C19H17N3O4S/c23-17-11-27-16-7-6-12(10-14(16)20-17)18(24)26-9-3-8-22-15-5-2-1-4-13(15)21-19(22)25/h1-2,4-7,10H,3,8-9,11H2,(H,20,23)(H,21,25). The van der Waals surface area contributed by atoms with Crippen LogP contribution < -0.4 is 11.0 Å². The molecule has 0 saturated heterocycles. The summed E-state index contributed by atoms with van der Waals surface area (Å²) in [6.07, 6.45) is 0.519. The Morgan fingerprint density at radius 3 is 2.93 bits per heavy atom. The van der Waals surface area contributed by atoms with Crippen LogP contribution in [0.5, 0.6) is 0 Å². The van der Waals surface area contributed by atoms with E-state index < -0.39 is 5.97 Å². The van der Waals surface area contributed by atoms with Crippen molar-refractivity contribution in [3.8, 4) is 0 Å². The number of H-pyrrole nitrogens is 1. The van der Waals surface area contributed by atoms with Gasteiger partial charge in [-0.15, -0.1) is 11.8 Å². The molecule has 2 aromatic carbocycles. The van der Waals surface area contributed by atoms with E-state index >= 15 is 0 Å². The molecular formula is C19H17N3O4S. The number of nitrogens with one attached hydrogen (secondary N) is 2. The van der Waals surface area contributed by atoms with Crippen LogP contribution in [-0.2, 0) is 16.1 Å². The molecule has 0 fully saturated rings. The predicted molar refractivity (Wildman–Crippen MR) is 103 cm³/mol. The highest BCUT2D eigenvalue weighted by molar-refractivity contribution is 8.00. The Kier molecular flexibility index (Phi) is 4.72. The van der Waals surface area contributed by atoms with E-state index in [9.17, 15) is 14.4 Å². The summed E-state index contributed by atoms with van der Waals surface area (Å²) in [7, 11) is 0. The van der Waals surface area contributed by atoms with Crippen LogP contribution in [0.1, 0.15) is 16.8 Å². The first-order chi connectivity index (χ1) is 13.1. The molecule has 1 aromatic heterocycles. The molecule has 8 heteroatoms. The third-order valence-corrected chi connectivity index (χ3v) is 5.36. The van der Waals surface area contributed by atoms with Crippen molar-refractivity contribution in [1.29, 1.82) is 0 Å². The Morgan fingerprint density at radius 2 is 2.04 bits per heavy atom. The number of para-hydroxylation sites is 2. The van der Waals surface area contributed by atoms with Crippen LogP contribution in [0.3, 0.4) is 0 Å². The van der Waals surface area contributed by atoms with E-state index in [2.05, 4.69) is 10.3 Å². The SMILES string of the molecule is O=C1CSc2ccc(C(=O)OCCCn3c(=O)[nH]c4ccccc43)cc2N1. The fourth-order valence-corrected chi connectivity index (χ4v) is 3.80. The quantitative estimate of drug-likeness (QED) is 0.522. The van der Waals surface area contributed by atoms with Crippen LogP contribution in [0.15, 0.2) is 52.2 Å². The summed E-state index contributed by atoms with van der Waals surface area (Å²) in [4.78, 5) is 39.5. The first-order valence-corrected chi connectivity index (χ1v) is 9.52. The minimum Gasteiger partial charge on any atom is -0.462 e. The fourth-order valence-electron chi connectivity index (χ4n) is 3.01. The summed E-state index contributed by atoms with van der Waals surface area (Å²) in [5.41, 5.74) is 2.47. The molecule has 2 N–H and O–H groups in total. The molecule has 7 nitrogen and oxygen atoms in total. The van der Waals surface area contributed by atoms with Crippen molar-refractivity contribution in [3.05, 3.63) is 58.5 Å². The second-order valence-corrected chi connectivity index (χ2v) is 7.15. The number of aromatic amines is 1. The van der Waals surface area contributed by atoms with Gasteiger partial charge in [0.05, 0.1) is 34.6 Å². The lowest BCUT2D eigenvalue weighted by Crippen LogP contribution is -2.19. The van der Waals surface area contributed by atoms with Gasteiger partial charge >= 0.3 is 11.7 Å². The average molecular weight is 383 g/mol. The smallest absolute Gasteiger partial charge is 0.338 e. The summed E-state index contributed by atoms with van der Waals surface area (Å²) in [6.45, 7) is 0.649. The Bertz CT molecular complexity index is 1090. The number of carbonyl (C=O) groups is 2. The maximum atomic E-state index is 12.2. The number of hydrogen-bond donors (Lipinski definition) is 2. The van der Waals surface area contributed by atoms with E-state index in [0.29, 0.717) is 30.0 Å². The number of imidazole rings is 1. The van der Waals surface area contributed by atoms with Crippen molar-refractivity contribution in [2.45, 2.75) is 17.9 Å². The van der Waals surface area contributed by atoms with Gasteiger partial charge in [-0.05, 0) is 36.8 Å². The van der Waals surface area contributed by atoms with Crippen LogP contribution in [0.4, 0.5) is 5.69 Å². The number of carbonyl (C=O) groups excluding carboxylic acids is 2. The number of nitrogens with zero attached hydrogens (tertiary/aromatic N) is 1. The van der Waals surface area contributed by atoms with Crippen LogP contribution in [0.25, 0.3) is 11.0 Å². The number of hydrogen-bond acceptors (Lipinski definition) is 5. The molecule has 0 aliphatic carbocycles. The van der Waals surface area contributed by atoms with Gasteiger partial charge in [0.15, 0.2) is 0 Å². The van der Waals surface area contributed by atoms with Crippen LogP contribution in [-0.4, -0.2) is 33.8 Å². The molecule has 1 aliphatic heterocycles. The number of esters is 1. The van der Waals surface area contributed by atoms with E-state index in [0.717, 1.165) is 15.9 Å². The zero-order valence-corrected chi connectivity index (χ0v) is 15.2. The highest BCUT2D eigenvalue weighted by Gasteiger charge is 2.18. The number of thioether (sulfide) groups is 1. The predicted octanol–water partition coefficient (Wildman–Crippen LogP) is 2.62. The molecule has 0 bridgehead atoms. The summed E-state index contributed by atoms with van der Waals surface area (Å²) < 4.78 is 6.95. The summed E-state index contributed by atoms with van der Waals surface area (Å²) in [6, 6.07) is 12.6. The third kappa shape index (κ3) is 3.61. The molecule has 0 spiro atoms. The van der Waals surface area contributed by atoms with Gasteiger partial charge in [-0.3, -0.25) is 9.36 Å². The van der Waals surface area contributed by atoms with E-state index in [4.69, 9.17) is 4.74 Å². The summed E-state index contributed by atoms with van der Waals surface area (Å²) in [5.74, 6) is -0.152. The molecule has 0 atom stereocenters. The lowest BCUT2D eigenvalue weighted by Gasteiger charge is -2.16. The molecular weight excluding hydrogens is 366 g/mol. The first-order valence-electron chi connectivity index (χ1n) is 8.53. The maximum absolute atomic E-state index is 12.2. The first kappa shape index (κ1) is 17.4. The minimum atomic E-state index is -0.450. The van der Waals surface area contributed by atoms with Gasteiger partial charge < -0.3 is 15.0 Å². The van der Waals surface area contributed by atoms with Gasteiger partial charge in [0.25, 0.3) is 0 Å². The van der Waals surface area contributed by atoms with Gasteiger partial charge in [-0.25, -0.2) is 9.59 Å². The van der Waals surface area contributed by atoms with Crippen molar-refractivity contribution in [2.24, 2.45) is 0 Å². The molecule has 4 rings (SSSR count). The summed E-state index contributed by atoms with van der Waals surface area (Å²) >= 11 is 1.44. The van der Waals surface area contributed by atoms with Gasteiger partial charge in [0, 0.05) is 11.4 Å². The molecule has 138 valence electrons. The zero-order valence-electron chi connectivity index (χ0n) is 14.4. The maximum Gasteiger partial charge on any atom is 0.338 e. The second-order valence-electron chi connectivity index (χ2n) is 6.14. The van der Waals surface area contributed by atoms with E-state index in [1.165, 1.54) is 11.8 Å². The van der Waals surface area contributed by atoms with Crippen LogP contribution >= 0.6 is 11.8 Å². The van der Waals surface area contributed by atoms with Crippen molar-refractivity contribution < 1.29 is 14.3 Å². The van der Waals surface area contributed by atoms with Crippen LogP contribution in [0.2, 0.25) is 0 Å². The van der Waals surface area contributed by atoms with Crippen molar-refractivity contribution in [2.75, 3.05) is 17.7 Å². The van der Waals surface area contributed by atoms with Gasteiger partial charge in [-0.2, -0.15) is 0 Å². The number of ether oxygens (including phenoxy) is 1. The van der Waals surface area contributed by atoms with Gasteiger partial charge in [0.1, 0.15) is 0 Å². The monoisotopic (exact) mass is 383 g/mol. The lowest BCUT2D eigenvalue weighted by molar-refractivity contribution is -0.113. The molecule has 3 aromatic rings. The molecule has 1 amide bonds. The van der Waals surface area contributed by atoms with Crippen molar-refractivity contribution in [3.63, 3.8) is 0 Å². The molecule has 0 radical (unpaired) electrons. The molecule has 27 heavy (non-hydrogen) atoms. The van der Waals surface area contributed by atoms with E-state index in [1.807, 2.05) is 30.3 Å². The number of benzene rings is 2. The van der Waals surface area contributed by atoms with Crippen LogP contribution in [0, 0.1) is 0 Å². The van der Waals surface area contributed by atoms with E-state index in [-0.39, 0.29) is 18.2 Å². The number of rotatable bonds is 5. The van der Waals surface area contributed by atoms with Gasteiger partial charge in [0.2, 0.25) is 5.91 Å². The number of aromatic nitrogens is 2. The highest BCUT2D eigenvalue weighted by atomic mass is 32.2. The third-order valence-electron chi connectivity index (χ3n) is 4.29. The number of amides is 1. The average Bonchev–Trinajstić information content (AvgIpc) is 2.99. The zero-order chi connectivity index (χ0) is 18.8. The van der Waals surface area contributed by atoms with Crippen molar-refractivity contribution >= 4 is 40.4 Å². The molecule has 0 saturated carbocycles. The van der Waals surface area contributed by atoms with Gasteiger partial charge in [-0.1, -0.05) is 12.1 Å². The largest absolute Gasteiger partial charge is 0.462 e. The second kappa shape index (κ2) is 7.32. The van der Waals surface area contributed by atoms with Crippen molar-refractivity contribution in [1.82, 2.24) is 9.55 Å². The van der Waals surface area contributed by atoms with E-state index in [1.54, 1.807) is 16.7 Å². The Hall–Kier alpha value is -3.00. The Balaban J connectivity index is 1.36. The Labute approximate surface area is 158 Å². The number of anilines is 1. The lowest BCUT2D eigenvalue weighted by atomic mass is 10.2. The molecule has 1 aliphatic rings. The normalized spacial score (nSPS) is 13.3. The number of aryl methyl sites for hydroxylation is 1. The topological polar surface area (TPSA) is 93.2 Å². The summed E-state index contributed by atoms with van der Waals surface area (Å²) in [5, 5.41) is 2.76. The molecule has 0 unspecified atom stereocenters.